The maximum absolute atomic E-state index is 12.1. The molecule has 1 fully saturated rings. The van der Waals surface area contributed by atoms with Gasteiger partial charge in [0.25, 0.3) is 5.91 Å². The van der Waals surface area contributed by atoms with Crippen LogP contribution < -0.4 is 16.4 Å². The molecule has 1 aromatic carbocycles. The molecule has 0 aliphatic carbocycles. The number of nitrogens with zero attached hydrogens (tertiary/aromatic N) is 2. The number of carbonyl (C=O) groups is 2. The van der Waals surface area contributed by atoms with Crippen molar-refractivity contribution in [1.82, 2.24) is 4.90 Å². The summed E-state index contributed by atoms with van der Waals surface area (Å²) in [7, 11) is 0. The Labute approximate surface area is 136 Å². The number of amides is 2. The molecule has 0 saturated carbocycles. The zero-order valence-corrected chi connectivity index (χ0v) is 13.8. The minimum atomic E-state index is -0.513. The molecule has 1 saturated heterocycles. The number of piperazine rings is 1. The molecule has 4 N–H and O–H groups in total. The summed E-state index contributed by atoms with van der Waals surface area (Å²) in [6, 6.07) is 5.02. The van der Waals surface area contributed by atoms with E-state index >= 15 is 0 Å². The van der Waals surface area contributed by atoms with E-state index in [2.05, 4.69) is 0 Å². The third-order valence-electron chi connectivity index (χ3n) is 3.56. The minimum Gasteiger partial charge on any atom is -0.444 e. The molecule has 0 bridgehead atoms. The second-order valence-electron chi connectivity index (χ2n) is 6.60. The minimum absolute atomic E-state index is 0.320. The van der Waals surface area contributed by atoms with Gasteiger partial charge in [-0.25, -0.2) is 4.79 Å². The van der Waals surface area contributed by atoms with Gasteiger partial charge in [-0.05, 0) is 39.0 Å². The van der Waals surface area contributed by atoms with Crippen molar-refractivity contribution in [2.24, 2.45) is 5.73 Å². The zero-order chi connectivity index (χ0) is 17.2. The molecular formula is C16H24N4O3. The van der Waals surface area contributed by atoms with Gasteiger partial charge in [-0.15, -0.1) is 0 Å². The lowest BCUT2D eigenvalue weighted by atomic mass is 10.1. The maximum atomic E-state index is 12.1. The van der Waals surface area contributed by atoms with Crippen molar-refractivity contribution in [3.05, 3.63) is 23.8 Å². The smallest absolute Gasteiger partial charge is 0.410 e. The summed E-state index contributed by atoms with van der Waals surface area (Å²) in [5.41, 5.74) is 12.4. The molecule has 0 atom stereocenters. The highest BCUT2D eigenvalue weighted by molar-refractivity contribution is 5.99. The molecule has 0 radical (unpaired) electrons. The van der Waals surface area contributed by atoms with Crippen LogP contribution in [-0.4, -0.2) is 48.7 Å². The first kappa shape index (κ1) is 16.9. The lowest BCUT2D eigenvalue weighted by Gasteiger charge is -2.37. The highest BCUT2D eigenvalue weighted by Gasteiger charge is 2.27. The van der Waals surface area contributed by atoms with E-state index in [1.807, 2.05) is 25.7 Å². The molecule has 7 nitrogen and oxygen atoms in total. The van der Waals surface area contributed by atoms with Crippen LogP contribution in [0, 0.1) is 0 Å². The van der Waals surface area contributed by atoms with Gasteiger partial charge in [0.1, 0.15) is 5.60 Å². The maximum Gasteiger partial charge on any atom is 0.410 e. The number of hydrogen-bond acceptors (Lipinski definition) is 5. The number of nitrogens with two attached hydrogens (primary N) is 2. The van der Waals surface area contributed by atoms with Crippen LogP contribution in [0.2, 0.25) is 0 Å². The number of anilines is 2. The lowest BCUT2D eigenvalue weighted by Crippen LogP contribution is -2.50. The van der Waals surface area contributed by atoms with Gasteiger partial charge in [-0.1, -0.05) is 0 Å². The molecule has 1 aliphatic heterocycles. The Morgan fingerprint density at radius 1 is 1.13 bits per heavy atom. The molecule has 1 aromatic rings. The second kappa shape index (κ2) is 6.36. The molecule has 2 amide bonds. The standard InChI is InChI=1S/C16H24N4O3/c1-16(2,3)23-15(22)20-8-6-19(7-9-20)13-10-11(17)4-5-12(13)14(18)21/h4-5,10H,6-9,17H2,1-3H3,(H2,18,21). The summed E-state index contributed by atoms with van der Waals surface area (Å²) < 4.78 is 5.37. The topological polar surface area (TPSA) is 102 Å². The van der Waals surface area contributed by atoms with E-state index in [4.69, 9.17) is 16.2 Å². The molecule has 2 rings (SSSR count). The first-order valence-corrected chi connectivity index (χ1v) is 7.59. The Hall–Kier alpha value is -2.44. The highest BCUT2D eigenvalue weighted by atomic mass is 16.6. The number of primary amides is 1. The molecule has 126 valence electrons. The average molecular weight is 320 g/mol. The molecule has 0 aromatic heterocycles. The van der Waals surface area contributed by atoms with Crippen LogP contribution in [0.1, 0.15) is 31.1 Å². The Bertz CT molecular complexity index is 602. The molecule has 0 spiro atoms. The summed E-state index contributed by atoms with van der Waals surface area (Å²) >= 11 is 0. The average Bonchev–Trinajstić information content (AvgIpc) is 2.45. The fourth-order valence-corrected chi connectivity index (χ4v) is 2.48. The Morgan fingerprint density at radius 2 is 1.74 bits per heavy atom. The third kappa shape index (κ3) is 4.28. The second-order valence-corrected chi connectivity index (χ2v) is 6.60. The van der Waals surface area contributed by atoms with E-state index in [0.717, 1.165) is 0 Å². The van der Waals surface area contributed by atoms with Crippen molar-refractivity contribution in [3.8, 4) is 0 Å². The van der Waals surface area contributed by atoms with Crippen molar-refractivity contribution in [3.63, 3.8) is 0 Å². The van der Waals surface area contributed by atoms with Crippen LogP contribution in [0.25, 0.3) is 0 Å². The van der Waals surface area contributed by atoms with E-state index in [9.17, 15) is 9.59 Å². The van der Waals surface area contributed by atoms with Crippen molar-refractivity contribution in [1.29, 1.82) is 0 Å². The normalized spacial score (nSPS) is 15.4. The fraction of sp³-hybridized carbons (Fsp3) is 0.500. The summed E-state index contributed by atoms with van der Waals surface area (Å²) in [5, 5.41) is 0. The fourth-order valence-electron chi connectivity index (χ4n) is 2.48. The largest absolute Gasteiger partial charge is 0.444 e. The Morgan fingerprint density at radius 3 is 2.26 bits per heavy atom. The van der Waals surface area contributed by atoms with Crippen LogP contribution in [0.4, 0.5) is 16.2 Å². The number of carbonyl (C=O) groups excluding carboxylic acids is 2. The van der Waals surface area contributed by atoms with Crippen molar-refractivity contribution in [2.75, 3.05) is 36.8 Å². The quantitative estimate of drug-likeness (QED) is 0.803. The van der Waals surface area contributed by atoms with Gasteiger partial charge in [0.05, 0.1) is 11.3 Å². The number of rotatable bonds is 2. The molecule has 1 aliphatic rings. The van der Waals surface area contributed by atoms with Gasteiger partial charge in [-0.3, -0.25) is 4.79 Å². The van der Waals surface area contributed by atoms with Crippen LogP contribution in [0.5, 0.6) is 0 Å². The number of ether oxygens (including phenoxy) is 1. The SMILES string of the molecule is CC(C)(C)OC(=O)N1CCN(c2cc(N)ccc2C(N)=O)CC1. The van der Waals surface area contributed by atoms with Gasteiger partial charge in [0.2, 0.25) is 0 Å². The Kier molecular flexibility index (Phi) is 4.68. The molecular weight excluding hydrogens is 296 g/mol. The monoisotopic (exact) mass is 320 g/mol. The summed E-state index contributed by atoms with van der Waals surface area (Å²) in [6.45, 7) is 7.73. The first-order chi connectivity index (χ1) is 10.7. The lowest BCUT2D eigenvalue weighted by molar-refractivity contribution is 0.0240. The van der Waals surface area contributed by atoms with E-state index in [0.29, 0.717) is 43.1 Å². The molecule has 7 heteroatoms. The molecule has 23 heavy (non-hydrogen) atoms. The molecule has 0 unspecified atom stereocenters. The predicted molar refractivity (Wildman–Crippen MR) is 89.4 cm³/mol. The highest BCUT2D eigenvalue weighted by Crippen LogP contribution is 2.25. The zero-order valence-electron chi connectivity index (χ0n) is 13.8. The predicted octanol–water partition coefficient (Wildman–Crippen LogP) is 1.42. The first-order valence-electron chi connectivity index (χ1n) is 7.59. The van der Waals surface area contributed by atoms with Crippen LogP contribution >= 0.6 is 0 Å². The third-order valence-corrected chi connectivity index (χ3v) is 3.56. The van der Waals surface area contributed by atoms with Crippen LogP contribution in [0.3, 0.4) is 0 Å². The van der Waals surface area contributed by atoms with Crippen molar-refractivity contribution < 1.29 is 14.3 Å². The van der Waals surface area contributed by atoms with E-state index in [1.165, 1.54) is 0 Å². The van der Waals surface area contributed by atoms with Crippen molar-refractivity contribution >= 4 is 23.4 Å². The number of benzene rings is 1. The van der Waals surface area contributed by atoms with Crippen LogP contribution in [-0.2, 0) is 4.74 Å². The number of hydrogen-bond donors (Lipinski definition) is 2. The summed E-state index contributed by atoms with van der Waals surface area (Å²) in [4.78, 5) is 27.3. The van der Waals surface area contributed by atoms with Gasteiger partial charge in [-0.2, -0.15) is 0 Å². The number of nitrogen functional groups attached to an aromatic ring is 1. The van der Waals surface area contributed by atoms with Crippen LogP contribution in [0.15, 0.2) is 18.2 Å². The summed E-state index contributed by atoms with van der Waals surface area (Å²) in [6.07, 6.45) is -0.320. The van der Waals surface area contributed by atoms with Gasteiger partial charge in [0.15, 0.2) is 0 Å². The van der Waals surface area contributed by atoms with E-state index in [1.54, 1.807) is 23.1 Å². The Balaban J connectivity index is 2.06. The van der Waals surface area contributed by atoms with Gasteiger partial charge < -0.3 is 26.0 Å². The van der Waals surface area contributed by atoms with Gasteiger partial charge >= 0.3 is 6.09 Å². The molecule has 1 heterocycles. The van der Waals surface area contributed by atoms with E-state index in [-0.39, 0.29) is 6.09 Å². The van der Waals surface area contributed by atoms with Gasteiger partial charge in [0, 0.05) is 31.9 Å². The van der Waals surface area contributed by atoms with Crippen molar-refractivity contribution in [2.45, 2.75) is 26.4 Å². The van der Waals surface area contributed by atoms with E-state index < -0.39 is 11.5 Å². The summed E-state index contributed by atoms with van der Waals surface area (Å²) in [5.74, 6) is -0.491.